The van der Waals surface area contributed by atoms with Gasteiger partial charge in [-0.05, 0) is 44.1 Å². The van der Waals surface area contributed by atoms with E-state index in [1.54, 1.807) is 0 Å². The molecule has 0 amide bonds. The van der Waals surface area contributed by atoms with Crippen molar-refractivity contribution in [3.05, 3.63) is 0 Å². The average molecular weight is 251 g/mol. The monoisotopic (exact) mass is 251 g/mol. The number of hydrogen-bond donors (Lipinski definition) is 1. The van der Waals surface area contributed by atoms with E-state index in [9.17, 15) is 13.2 Å². The van der Waals surface area contributed by atoms with Gasteiger partial charge in [0.25, 0.3) is 0 Å². The topological polar surface area (TPSA) is 12.0 Å². The molecule has 1 N–H and O–H groups in total. The highest BCUT2D eigenvalue weighted by Gasteiger charge is 2.41. The van der Waals surface area contributed by atoms with Crippen molar-refractivity contribution >= 4 is 0 Å². The van der Waals surface area contributed by atoms with Crippen LogP contribution in [0.4, 0.5) is 13.2 Å². The highest BCUT2D eigenvalue weighted by Crippen LogP contribution is 2.37. The first-order valence-corrected chi connectivity index (χ1v) is 6.60. The van der Waals surface area contributed by atoms with Gasteiger partial charge in [-0.15, -0.1) is 0 Å². The van der Waals surface area contributed by atoms with Crippen LogP contribution in [0.5, 0.6) is 0 Å². The Morgan fingerprint density at radius 1 is 1.06 bits per heavy atom. The molecule has 1 rings (SSSR count). The lowest BCUT2D eigenvalue weighted by molar-refractivity contribution is -0.182. The fourth-order valence-electron chi connectivity index (χ4n) is 2.21. The summed E-state index contributed by atoms with van der Waals surface area (Å²) in [6, 6.07) is 0.287. The highest BCUT2D eigenvalue weighted by atomic mass is 19.4. The van der Waals surface area contributed by atoms with Gasteiger partial charge in [-0.3, -0.25) is 0 Å². The Morgan fingerprint density at radius 2 is 1.59 bits per heavy atom. The molecule has 1 aliphatic rings. The van der Waals surface area contributed by atoms with E-state index in [1.807, 2.05) is 0 Å². The zero-order chi connectivity index (χ0) is 13.1. The van der Waals surface area contributed by atoms with Gasteiger partial charge < -0.3 is 5.32 Å². The van der Waals surface area contributed by atoms with E-state index in [0.717, 1.165) is 6.54 Å². The Balaban J connectivity index is 2.24. The molecule has 0 bridgehead atoms. The second kappa shape index (κ2) is 6.07. The van der Waals surface area contributed by atoms with Gasteiger partial charge in [0, 0.05) is 6.04 Å². The minimum atomic E-state index is -3.99. The zero-order valence-corrected chi connectivity index (χ0v) is 11.0. The molecule has 1 aliphatic carbocycles. The van der Waals surface area contributed by atoms with E-state index in [0.29, 0.717) is 24.7 Å². The van der Waals surface area contributed by atoms with Crippen molar-refractivity contribution in [1.29, 1.82) is 0 Å². The lowest BCUT2D eigenvalue weighted by Gasteiger charge is -2.31. The lowest BCUT2D eigenvalue weighted by Crippen LogP contribution is -2.39. The normalized spacial score (nSPS) is 28.4. The lowest BCUT2D eigenvalue weighted by atomic mass is 9.85. The Kier molecular flexibility index (Phi) is 5.29. The summed E-state index contributed by atoms with van der Waals surface area (Å²) in [7, 11) is 0. The zero-order valence-electron chi connectivity index (χ0n) is 11.0. The van der Waals surface area contributed by atoms with Gasteiger partial charge in [-0.1, -0.05) is 20.8 Å². The standard InChI is InChI=1S/C13H24F3N/c1-9(2)10(3)8-17-12-6-4-11(5-7-12)13(14,15)16/h9-12,17H,4-8H2,1-3H3. The van der Waals surface area contributed by atoms with Crippen LogP contribution in [0, 0.1) is 17.8 Å². The van der Waals surface area contributed by atoms with Crippen LogP contribution >= 0.6 is 0 Å². The van der Waals surface area contributed by atoms with E-state index in [-0.39, 0.29) is 18.9 Å². The third kappa shape index (κ3) is 4.86. The second-order valence-electron chi connectivity index (χ2n) is 5.72. The van der Waals surface area contributed by atoms with Crippen LogP contribution < -0.4 is 5.32 Å². The smallest absolute Gasteiger partial charge is 0.314 e. The largest absolute Gasteiger partial charge is 0.391 e. The van der Waals surface area contributed by atoms with Crippen molar-refractivity contribution in [2.75, 3.05) is 6.54 Å². The Morgan fingerprint density at radius 3 is 2.00 bits per heavy atom. The molecule has 0 aromatic rings. The fraction of sp³-hybridized carbons (Fsp3) is 1.00. The first-order valence-electron chi connectivity index (χ1n) is 6.60. The van der Waals surface area contributed by atoms with E-state index in [2.05, 4.69) is 26.1 Å². The van der Waals surface area contributed by atoms with Crippen LogP contribution in [0.15, 0.2) is 0 Å². The molecule has 102 valence electrons. The van der Waals surface area contributed by atoms with Crippen molar-refractivity contribution in [3.8, 4) is 0 Å². The van der Waals surface area contributed by atoms with Gasteiger partial charge >= 0.3 is 6.18 Å². The first-order chi connectivity index (χ1) is 7.80. The summed E-state index contributed by atoms with van der Waals surface area (Å²) in [5.74, 6) is 0.132. The number of nitrogens with one attached hydrogen (secondary N) is 1. The van der Waals surface area contributed by atoms with E-state index in [1.165, 1.54) is 0 Å². The summed E-state index contributed by atoms with van der Waals surface area (Å²) < 4.78 is 37.4. The Labute approximate surface area is 102 Å². The molecular weight excluding hydrogens is 227 g/mol. The van der Waals surface area contributed by atoms with Gasteiger partial charge in [0.2, 0.25) is 0 Å². The van der Waals surface area contributed by atoms with Crippen molar-refractivity contribution in [1.82, 2.24) is 5.32 Å². The minimum Gasteiger partial charge on any atom is -0.314 e. The second-order valence-corrected chi connectivity index (χ2v) is 5.72. The maximum atomic E-state index is 12.5. The molecule has 0 aromatic carbocycles. The third-order valence-electron chi connectivity index (χ3n) is 4.06. The van der Waals surface area contributed by atoms with E-state index >= 15 is 0 Å². The predicted molar refractivity (Wildman–Crippen MR) is 63.8 cm³/mol. The summed E-state index contributed by atoms with van der Waals surface area (Å²) in [4.78, 5) is 0. The van der Waals surface area contributed by atoms with E-state index in [4.69, 9.17) is 0 Å². The van der Waals surface area contributed by atoms with Gasteiger partial charge in [-0.2, -0.15) is 13.2 Å². The van der Waals surface area contributed by atoms with Crippen molar-refractivity contribution in [3.63, 3.8) is 0 Å². The molecule has 0 saturated heterocycles. The molecule has 1 unspecified atom stereocenters. The van der Waals surface area contributed by atoms with Crippen LogP contribution in [0.3, 0.4) is 0 Å². The minimum absolute atomic E-state index is 0.287. The maximum absolute atomic E-state index is 12.5. The molecule has 0 heterocycles. The van der Waals surface area contributed by atoms with Crippen LogP contribution in [0.25, 0.3) is 0 Å². The molecule has 4 heteroatoms. The molecule has 0 aliphatic heterocycles. The number of rotatable bonds is 4. The van der Waals surface area contributed by atoms with Gasteiger partial charge in [0.1, 0.15) is 0 Å². The molecule has 17 heavy (non-hydrogen) atoms. The van der Waals surface area contributed by atoms with Crippen LogP contribution in [-0.4, -0.2) is 18.8 Å². The van der Waals surface area contributed by atoms with Crippen LogP contribution in [-0.2, 0) is 0 Å². The molecular formula is C13H24F3N. The van der Waals surface area contributed by atoms with Crippen LogP contribution in [0.2, 0.25) is 0 Å². The molecule has 0 spiro atoms. The summed E-state index contributed by atoms with van der Waals surface area (Å²) in [6.45, 7) is 7.44. The number of hydrogen-bond acceptors (Lipinski definition) is 1. The van der Waals surface area contributed by atoms with Crippen molar-refractivity contribution in [2.45, 2.75) is 58.7 Å². The van der Waals surface area contributed by atoms with Crippen molar-refractivity contribution in [2.24, 2.45) is 17.8 Å². The van der Waals surface area contributed by atoms with Gasteiger partial charge in [0.15, 0.2) is 0 Å². The van der Waals surface area contributed by atoms with E-state index < -0.39 is 12.1 Å². The summed E-state index contributed by atoms with van der Waals surface area (Å²) in [5.41, 5.74) is 0. The summed E-state index contributed by atoms with van der Waals surface area (Å²) >= 11 is 0. The Hall–Kier alpha value is -0.250. The quantitative estimate of drug-likeness (QED) is 0.796. The van der Waals surface area contributed by atoms with Gasteiger partial charge in [-0.25, -0.2) is 0 Å². The molecule has 1 atom stereocenters. The highest BCUT2D eigenvalue weighted by molar-refractivity contribution is 4.81. The molecule has 1 saturated carbocycles. The SMILES string of the molecule is CC(C)C(C)CNC1CCC(C(F)(F)F)CC1. The van der Waals surface area contributed by atoms with Crippen LogP contribution in [0.1, 0.15) is 46.5 Å². The Bertz CT molecular complexity index is 217. The molecule has 0 aromatic heterocycles. The molecule has 0 radical (unpaired) electrons. The maximum Gasteiger partial charge on any atom is 0.391 e. The summed E-state index contributed by atoms with van der Waals surface area (Å²) in [5, 5.41) is 3.41. The fourth-order valence-corrected chi connectivity index (χ4v) is 2.21. The van der Waals surface area contributed by atoms with Crippen molar-refractivity contribution < 1.29 is 13.2 Å². The number of halogens is 3. The first kappa shape index (κ1) is 14.8. The predicted octanol–water partition coefficient (Wildman–Crippen LogP) is 3.99. The average Bonchev–Trinajstić information content (AvgIpc) is 2.25. The summed E-state index contributed by atoms with van der Waals surface area (Å²) in [6.07, 6.45) is -2.09. The number of alkyl halides is 3. The third-order valence-corrected chi connectivity index (χ3v) is 4.06. The van der Waals surface area contributed by atoms with Gasteiger partial charge in [0.05, 0.1) is 5.92 Å². The molecule has 1 fully saturated rings. The molecule has 1 nitrogen and oxygen atoms in total.